The Morgan fingerprint density at radius 3 is 2.60 bits per heavy atom. The molecule has 10 heavy (non-hydrogen) atoms. The molecule has 58 valence electrons. The van der Waals surface area contributed by atoms with E-state index < -0.39 is 0 Å². The number of hydrogen-bond acceptors (Lipinski definition) is 3. The number of rotatable bonds is 5. The summed E-state index contributed by atoms with van der Waals surface area (Å²) in [4.78, 5) is 5.81. The van der Waals surface area contributed by atoms with Gasteiger partial charge < -0.3 is 4.90 Å². The van der Waals surface area contributed by atoms with Crippen LogP contribution in [0.15, 0.2) is 4.99 Å². The minimum atomic E-state index is 0.747. The van der Waals surface area contributed by atoms with Gasteiger partial charge in [0, 0.05) is 6.54 Å². The molecule has 0 rings (SSSR count). The van der Waals surface area contributed by atoms with Crippen LogP contribution in [0.3, 0.4) is 0 Å². The third kappa shape index (κ3) is 7.34. The molecule has 0 aliphatic rings. The smallest absolute Gasteiger partial charge is 0.0861 e. The van der Waals surface area contributed by atoms with Crippen LogP contribution in [0.25, 0.3) is 0 Å². The molecule has 0 amide bonds. The van der Waals surface area contributed by atoms with Crippen molar-refractivity contribution in [3.8, 4) is 0 Å². The van der Waals surface area contributed by atoms with E-state index in [4.69, 9.17) is 5.41 Å². The summed E-state index contributed by atoms with van der Waals surface area (Å²) in [5, 5.41) is 6.50. The molecule has 0 bridgehead atoms. The van der Waals surface area contributed by atoms with E-state index in [2.05, 4.69) is 24.0 Å². The van der Waals surface area contributed by atoms with E-state index in [0.29, 0.717) is 0 Å². The van der Waals surface area contributed by atoms with E-state index in [1.54, 1.807) is 0 Å². The maximum absolute atomic E-state index is 6.50. The fourth-order valence-corrected chi connectivity index (χ4v) is 0.675. The summed E-state index contributed by atoms with van der Waals surface area (Å²) in [6, 6.07) is 2.02. The van der Waals surface area contributed by atoms with E-state index in [1.165, 1.54) is 0 Å². The first-order chi connectivity index (χ1) is 4.77. The molecule has 0 aromatic carbocycles. The second kappa shape index (κ2) is 6.46. The Kier molecular flexibility index (Phi) is 6.03. The topological polar surface area (TPSA) is 39.5 Å². The molecule has 0 saturated heterocycles. The average molecular weight is 141 g/mol. The highest BCUT2D eigenvalue weighted by Gasteiger charge is 1.88. The summed E-state index contributed by atoms with van der Waals surface area (Å²) >= 11 is 0. The highest BCUT2D eigenvalue weighted by atomic mass is 15.0. The van der Waals surface area contributed by atoms with Gasteiger partial charge in [-0.2, -0.15) is 0 Å². The molecule has 0 heterocycles. The van der Waals surface area contributed by atoms with Crippen molar-refractivity contribution in [1.29, 1.82) is 5.41 Å². The van der Waals surface area contributed by atoms with Crippen molar-refractivity contribution >= 4 is 6.01 Å². The number of aliphatic imine (C=N–C) groups is 1. The lowest BCUT2D eigenvalue weighted by Crippen LogP contribution is -2.12. The molecule has 1 N–H and O–H groups in total. The quantitative estimate of drug-likeness (QED) is 0.451. The van der Waals surface area contributed by atoms with Gasteiger partial charge in [0.05, 0.1) is 6.01 Å². The van der Waals surface area contributed by atoms with Crippen molar-refractivity contribution in [2.24, 2.45) is 4.99 Å². The first kappa shape index (κ1) is 9.34. The third-order valence-corrected chi connectivity index (χ3v) is 1.20. The average Bonchev–Trinajstić information content (AvgIpc) is 1.87. The largest absolute Gasteiger partial charge is 0.309 e. The van der Waals surface area contributed by atoms with Gasteiger partial charge in [-0.15, -0.1) is 0 Å². The van der Waals surface area contributed by atoms with Gasteiger partial charge in [0.25, 0.3) is 0 Å². The Bertz CT molecular complexity index is 114. The van der Waals surface area contributed by atoms with Gasteiger partial charge in [-0.1, -0.05) is 0 Å². The van der Waals surface area contributed by atoms with Crippen LogP contribution < -0.4 is 0 Å². The zero-order valence-corrected chi connectivity index (χ0v) is 6.72. The molecular weight excluding hydrogens is 126 g/mol. The lowest BCUT2D eigenvalue weighted by molar-refractivity contribution is 0.396. The molecule has 0 spiro atoms. The number of nitrogens with zero attached hydrogens (tertiary/aromatic N) is 2. The minimum absolute atomic E-state index is 0.747. The van der Waals surface area contributed by atoms with Crippen molar-refractivity contribution in [2.45, 2.75) is 12.8 Å². The monoisotopic (exact) mass is 141 g/mol. The van der Waals surface area contributed by atoms with Gasteiger partial charge in [-0.3, -0.25) is 0 Å². The molecule has 3 nitrogen and oxygen atoms in total. The summed E-state index contributed by atoms with van der Waals surface area (Å²) < 4.78 is 0. The molecule has 0 atom stereocenters. The zero-order chi connectivity index (χ0) is 7.82. The van der Waals surface area contributed by atoms with Crippen LogP contribution in [-0.2, 0) is 0 Å². The standard InChI is InChI=1S/C7H15N3/c1-10(2)6-4-3-5-9-7-8/h8H,3-6H2,1-2H3. The molecular formula is C7H15N3. The van der Waals surface area contributed by atoms with Gasteiger partial charge in [-0.25, -0.2) is 10.4 Å². The summed E-state index contributed by atoms with van der Waals surface area (Å²) in [6.07, 6.45) is 2.21. The Balaban J connectivity index is 2.98. The van der Waals surface area contributed by atoms with Crippen molar-refractivity contribution in [3.63, 3.8) is 0 Å². The van der Waals surface area contributed by atoms with Crippen LogP contribution >= 0.6 is 0 Å². The van der Waals surface area contributed by atoms with Gasteiger partial charge in [0.2, 0.25) is 0 Å². The van der Waals surface area contributed by atoms with E-state index in [0.717, 1.165) is 25.9 Å². The zero-order valence-electron chi connectivity index (χ0n) is 6.72. The van der Waals surface area contributed by atoms with Gasteiger partial charge >= 0.3 is 0 Å². The predicted octanol–water partition coefficient (Wildman–Crippen LogP) is 1.08. The molecule has 0 aromatic heterocycles. The Hall–Kier alpha value is -0.660. The summed E-state index contributed by atoms with van der Waals surface area (Å²) in [6.45, 7) is 1.85. The lowest BCUT2D eigenvalue weighted by Gasteiger charge is -2.06. The molecule has 3 heteroatoms. The van der Waals surface area contributed by atoms with Gasteiger partial charge in [0.1, 0.15) is 0 Å². The molecule has 0 radical (unpaired) electrons. The van der Waals surface area contributed by atoms with Crippen LogP contribution in [0.5, 0.6) is 0 Å². The first-order valence-corrected chi connectivity index (χ1v) is 3.50. The summed E-state index contributed by atoms with van der Waals surface area (Å²) in [7, 11) is 4.11. The SMILES string of the molecule is CN(C)CCCCN=C=N. The van der Waals surface area contributed by atoms with Crippen LogP contribution in [0, 0.1) is 5.41 Å². The number of nitrogens with one attached hydrogen (secondary N) is 1. The molecule has 0 aliphatic carbocycles. The van der Waals surface area contributed by atoms with Crippen molar-refractivity contribution in [2.75, 3.05) is 27.2 Å². The van der Waals surface area contributed by atoms with E-state index in [-0.39, 0.29) is 0 Å². The van der Waals surface area contributed by atoms with Crippen LogP contribution in [0.4, 0.5) is 0 Å². The molecule has 0 aliphatic heterocycles. The fourth-order valence-electron chi connectivity index (χ4n) is 0.675. The molecule has 0 aromatic rings. The lowest BCUT2D eigenvalue weighted by atomic mass is 10.3. The van der Waals surface area contributed by atoms with Crippen LogP contribution in [0.1, 0.15) is 12.8 Å². The summed E-state index contributed by atoms with van der Waals surface area (Å²) in [5.74, 6) is 0. The first-order valence-electron chi connectivity index (χ1n) is 3.50. The molecule has 0 unspecified atom stereocenters. The van der Waals surface area contributed by atoms with Crippen molar-refractivity contribution < 1.29 is 0 Å². The minimum Gasteiger partial charge on any atom is -0.309 e. The Morgan fingerprint density at radius 1 is 1.40 bits per heavy atom. The number of unbranched alkanes of at least 4 members (excludes halogenated alkanes) is 1. The van der Waals surface area contributed by atoms with E-state index >= 15 is 0 Å². The Labute approximate surface area is 62.3 Å². The molecule has 0 fully saturated rings. The summed E-state index contributed by atoms with van der Waals surface area (Å²) in [5.41, 5.74) is 0. The van der Waals surface area contributed by atoms with Crippen LogP contribution in [0.2, 0.25) is 0 Å². The highest BCUT2D eigenvalue weighted by Crippen LogP contribution is 1.89. The van der Waals surface area contributed by atoms with Gasteiger partial charge in [-0.05, 0) is 33.5 Å². The normalized spacial score (nSPS) is 9.50. The highest BCUT2D eigenvalue weighted by molar-refractivity contribution is 5.35. The maximum Gasteiger partial charge on any atom is 0.0861 e. The predicted molar refractivity (Wildman–Crippen MR) is 42.8 cm³/mol. The van der Waals surface area contributed by atoms with E-state index in [9.17, 15) is 0 Å². The Morgan fingerprint density at radius 2 is 2.10 bits per heavy atom. The van der Waals surface area contributed by atoms with Crippen LogP contribution in [-0.4, -0.2) is 38.1 Å². The third-order valence-electron chi connectivity index (χ3n) is 1.20. The number of hydrogen-bond donors (Lipinski definition) is 1. The second-order valence-electron chi connectivity index (χ2n) is 2.50. The maximum atomic E-state index is 6.50. The van der Waals surface area contributed by atoms with E-state index in [1.807, 2.05) is 6.01 Å². The van der Waals surface area contributed by atoms with Crippen molar-refractivity contribution in [1.82, 2.24) is 4.90 Å². The van der Waals surface area contributed by atoms with Crippen molar-refractivity contribution in [3.05, 3.63) is 0 Å². The molecule has 0 saturated carbocycles. The second-order valence-corrected chi connectivity index (χ2v) is 2.50. The fraction of sp³-hybridized carbons (Fsp3) is 0.857. The van der Waals surface area contributed by atoms with Gasteiger partial charge in [0.15, 0.2) is 0 Å².